The number of carbonyl (C=O) groups is 1. The van der Waals surface area contributed by atoms with Gasteiger partial charge in [0, 0.05) is 38.8 Å². The van der Waals surface area contributed by atoms with Crippen LogP contribution in [0.3, 0.4) is 0 Å². The Bertz CT molecular complexity index is 886. The number of aryl methyl sites for hydroxylation is 1. The van der Waals surface area contributed by atoms with Gasteiger partial charge in [-0.2, -0.15) is 0 Å². The number of hydrogen-bond acceptors (Lipinski definition) is 5. The van der Waals surface area contributed by atoms with Gasteiger partial charge < -0.3 is 30.6 Å². The molecule has 8 nitrogen and oxygen atoms in total. The number of methoxy groups -OCH3 is 1. The molecule has 0 spiro atoms. The number of hydrogen-bond donors (Lipinski definition) is 3. The summed E-state index contributed by atoms with van der Waals surface area (Å²) in [5.74, 6) is 1.64. The van der Waals surface area contributed by atoms with Crippen molar-refractivity contribution in [2.45, 2.75) is 33.4 Å². The molecule has 0 heterocycles. The van der Waals surface area contributed by atoms with Gasteiger partial charge in [-0.15, -0.1) is 0 Å². The number of nitrogens with two attached hydrogens (primary N) is 1. The van der Waals surface area contributed by atoms with E-state index in [1.165, 1.54) is 0 Å². The molecule has 0 radical (unpaired) electrons. The van der Waals surface area contributed by atoms with Crippen LogP contribution >= 0.6 is 0 Å². The molecule has 8 heteroatoms. The molecule has 0 aromatic heterocycles. The van der Waals surface area contributed by atoms with Crippen molar-refractivity contribution in [1.29, 1.82) is 0 Å². The molecule has 0 unspecified atom stereocenters. The lowest BCUT2D eigenvalue weighted by Crippen LogP contribution is -2.36. The smallest absolute Gasteiger partial charge is 0.255 e. The standard InChI is InChI=1S/C24H34N4O4/c1-4-26-24(27-15-19-7-5-8-21(14-19)32-17-23(25)29)28-16-20-10-9-18(2)13-22(20)31-12-6-11-30-3/h5,7-10,13-14H,4,6,11-12,15-17H2,1-3H3,(H2,25,29)(H2,26,27,28). The van der Waals surface area contributed by atoms with Crippen molar-refractivity contribution in [1.82, 2.24) is 10.6 Å². The van der Waals surface area contributed by atoms with Crippen LogP contribution in [0, 0.1) is 6.92 Å². The SMILES string of the molecule is CCNC(=NCc1cccc(OCC(N)=O)c1)NCc1ccc(C)cc1OCCCOC. The highest BCUT2D eigenvalue weighted by atomic mass is 16.5. The first-order valence-corrected chi connectivity index (χ1v) is 10.7. The van der Waals surface area contributed by atoms with E-state index in [4.69, 9.17) is 19.9 Å². The zero-order valence-electron chi connectivity index (χ0n) is 19.1. The number of rotatable bonds is 13. The minimum Gasteiger partial charge on any atom is -0.493 e. The number of ether oxygens (including phenoxy) is 3. The molecule has 0 aliphatic rings. The Morgan fingerprint density at radius 3 is 2.69 bits per heavy atom. The maximum Gasteiger partial charge on any atom is 0.255 e. The summed E-state index contributed by atoms with van der Waals surface area (Å²) in [4.78, 5) is 15.6. The molecule has 2 aromatic carbocycles. The van der Waals surface area contributed by atoms with Crippen molar-refractivity contribution in [3.05, 3.63) is 59.2 Å². The van der Waals surface area contributed by atoms with Crippen LogP contribution in [0.5, 0.6) is 11.5 Å². The summed E-state index contributed by atoms with van der Waals surface area (Å²) >= 11 is 0. The van der Waals surface area contributed by atoms with E-state index in [-0.39, 0.29) is 6.61 Å². The predicted octanol–water partition coefficient (Wildman–Crippen LogP) is 2.53. The molecular weight excluding hydrogens is 408 g/mol. The molecule has 1 amide bonds. The molecular formula is C24H34N4O4. The Kier molecular flexibility index (Phi) is 10.9. The Morgan fingerprint density at radius 1 is 1.09 bits per heavy atom. The molecule has 0 saturated carbocycles. The molecule has 0 aliphatic heterocycles. The van der Waals surface area contributed by atoms with E-state index in [2.05, 4.69) is 27.8 Å². The average Bonchev–Trinajstić information content (AvgIpc) is 2.78. The minimum atomic E-state index is -0.509. The number of aliphatic imine (C=N–C) groups is 1. The third kappa shape index (κ3) is 9.26. The summed E-state index contributed by atoms with van der Waals surface area (Å²) in [7, 11) is 1.69. The number of guanidine groups is 1. The zero-order chi connectivity index (χ0) is 23.2. The largest absolute Gasteiger partial charge is 0.493 e. The second-order valence-electron chi connectivity index (χ2n) is 7.26. The lowest BCUT2D eigenvalue weighted by molar-refractivity contribution is -0.119. The number of nitrogens with one attached hydrogen (secondary N) is 2. The molecule has 32 heavy (non-hydrogen) atoms. The maximum atomic E-state index is 10.9. The van der Waals surface area contributed by atoms with E-state index in [1.807, 2.05) is 38.1 Å². The number of benzene rings is 2. The van der Waals surface area contributed by atoms with Crippen LogP contribution in [-0.4, -0.2) is 45.3 Å². The average molecular weight is 443 g/mol. The van der Waals surface area contributed by atoms with E-state index in [9.17, 15) is 4.79 Å². The van der Waals surface area contributed by atoms with E-state index in [0.29, 0.717) is 38.0 Å². The quantitative estimate of drug-likeness (QED) is 0.250. The molecule has 0 fully saturated rings. The van der Waals surface area contributed by atoms with Crippen LogP contribution in [0.2, 0.25) is 0 Å². The van der Waals surface area contributed by atoms with E-state index >= 15 is 0 Å². The third-order valence-electron chi connectivity index (χ3n) is 4.46. The first-order chi connectivity index (χ1) is 15.5. The van der Waals surface area contributed by atoms with Gasteiger partial charge in [0.25, 0.3) is 5.91 Å². The van der Waals surface area contributed by atoms with Gasteiger partial charge in [-0.1, -0.05) is 24.3 Å². The van der Waals surface area contributed by atoms with Crippen LogP contribution in [0.15, 0.2) is 47.5 Å². The van der Waals surface area contributed by atoms with Crippen molar-refractivity contribution in [3.63, 3.8) is 0 Å². The van der Waals surface area contributed by atoms with Crippen molar-refractivity contribution < 1.29 is 19.0 Å². The minimum absolute atomic E-state index is 0.149. The predicted molar refractivity (Wildman–Crippen MR) is 126 cm³/mol. The molecule has 4 N–H and O–H groups in total. The van der Waals surface area contributed by atoms with E-state index < -0.39 is 5.91 Å². The molecule has 0 saturated heterocycles. The highest BCUT2D eigenvalue weighted by Crippen LogP contribution is 2.20. The summed E-state index contributed by atoms with van der Waals surface area (Å²) < 4.78 is 16.4. The molecule has 2 aromatic rings. The van der Waals surface area contributed by atoms with Crippen LogP contribution in [0.4, 0.5) is 0 Å². The van der Waals surface area contributed by atoms with Gasteiger partial charge >= 0.3 is 0 Å². The summed E-state index contributed by atoms with van der Waals surface area (Å²) in [6, 6.07) is 13.6. The van der Waals surface area contributed by atoms with Crippen molar-refractivity contribution in [2.75, 3.05) is 33.5 Å². The van der Waals surface area contributed by atoms with Gasteiger partial charge in [0.05, 0.1) is 13.2 Å². The van der Waals surface area contributed by atoms with Gasteiger partial charge in [0.2, 0.25) is 0 Å². The van der Waals surface area contributed by atoms with Gasteiger partial charge in [0.1, 0.15) is 11.5 Å². The van der Waals surface area contributed by atoms with Gasteiger partial charge in [-0.05, 0) is 43.2 Å². The van der Waals surface area contributed by atoms with Crippen LogP contribution in [-0.2, 0) is 22.6 Å². The highest BCUT2D eigenvalue weighted by molar-refractivity contribution is 5.79. The van der Waals surface area contributed by atoms with Crippen LogP contribution in [0.1, 0.15) is 30.0 Å². The molecule has 0 aliphatic carbocycles. The van der Waals surface area contributed by atoms with Gasteiger partial charge in [0.15, 0.2) is 12.6 Å². The first-order valence-electron chi connectivity index (χ1n) is 10.7. The fraction of sp³-hybridized carbons (Fsp3) is 0.417. The molecule has 0 bridgehead atoms. The van der Waals surface area contributed by atoms with Crippen molar-refractivity contribution >= 4 is 11.9 Å². The topological polar surface area (TPSA) is 107 Å². The Balaban J connectivity index is 2.01. The van der Waals surface area contributed by atoms with E-state index in [0.717, 1.165) is 35.4 Å². The van der Waals surface area contributed by atoms with Crippen molar-refractivity contribution in [2.24, 2.45) is 10.7 Å². The number of amides is 1. The zero-order valence-corrected chi connectivity index (χ0v) is 19.1. The second-order valence-corrected chi connectivity index (χ2v) is 7.26. The van der Waals surface area contributed by atoms with Crippen LogP contribution < -0.4 is 25.8 Å². The first kappa shape index (κ1) is 25.0. The number of primary amides is 1. The molecule has 2 rings (SSSR count). The Hall–Kier alpha value is -3.26. The van der Waals surface area contributed by atoms with Crippen LogP contribution in [0.25, 0.3) is 0 Å². The van der Waals surface area contributed by atoms with Crippen molar-refractivity contribution in [3.8, 4) is 11.5 Å². The van der Waals surface area contributed by atoms with Gasteiger partial charge in [-0.3, -0.25) is 4.79 Å². The monoisotopic (exact) mass is 442 g/mol. The maximum absolute atomic E-state index is 10.9. The molecule has 174 valence electrons. The summed E-state index contributed by atoms with van der Waals surface area (Å²) in [6.07, 6.45) is 0.837. The fourth-order valence-electron chi connectivity index (χ4n) is 2.91. The normalized spacial score (nSPS) is 11.2. The third-order valence-corrected chi connectivity index (χ3v) is 4.46. The van der Waals surface area contributed by atoms with E-state index in [1.54, 1.807) is 13.2 Å². The summed E-state index contributed by atoms with van der Waals surface area (Å²) in [5, 5.41) is 6.62. The summed E-state index contributed by atoms with van der Waals surface area (Å²) in [5.41, 5.74) is 8.30. The lowest BCUT2D eigenvalue weighted by atomic mass is 10.1. The van der Waals surface area contributed by atoms with Gasteiger partial charge in [-0.25, -0.2) is 4.99 Å². The highest BCUT2D eigenvalue weighted by Gasteiger charge is 2.07. The summed E-state index contributed by atoms with van der Waals surface area (Å²) in [6.45, 7) is 6.96. The molecule has 0 atom stereocenters. The number of nitrogens with zero attached hydrogens (tertiary/aromatic N) is 1. The second kappa shape index (κ2) is 13.9. The number of carbonyl (C=O) groups excluding carboxylic acids is 1. The lowest BCUT2D eigenvalue weighted by Gasteiger charge is -2.15. The Labute approximate surface area is 190 Å². The Morgan fingerprint density at radius 2 is 1.94 bits per heavy atom. The fourth-order valence-corrected chi connectivity index (χ4v) is 2.91.